The van der Waals surface area contributed by atoms with Crippen LogP contribution in [-0.2, 0) is 13.5 Å². The Kier molecular flexibility index (Phi) is 4.65. The third kappa shape index (κ3) is 3.92. The number of amides is 2. The van der Waals surface area contributed by atoms with Crippen LogP contribution in [0.4, 0.5) is 10.5 Å². The normalized spacial score (nSPS) is 15.8. The molecule has 2 aromatic rings. The van der Waals surface area contributed by atoms with Gasteiger partial charge in [-0.1, -0.05) is 11.8 Å². The minimum absolute atomic E-state index is 0.196. The lowest BCUT2D eigenvalue weighted by Gasteiger charge is -2.08. The smallest absolute Gasteiger partial charge is 0.319 e. The quantitative estimate of drug-likeness (QED) is 0.635. The topological polar surface area (TPSA) is 94.0 Å². The van der Waals surface area contributed by atoms with E-state index in [0.29, 0.717) is 12.3 Å². The second kappa shape index (κ2) is 6.86. The molecule has 1 unspecified atom stereocenters. The van der Waals surface area contributed by atoms with E-state index < -0.39 is 0 Å². The van der Waals surface area contributed by atoms with Crippen molar-refractivity contribution in [1.82, 2.24) is 25.5 Å². The third-order valence-corrected chi connectivity index (χ3v) is 4.37. The lowest BCUT2D eigenvalue weighted by atomic mass is 10.1. The van der Waals surface area contributed by atoms with Crippen molar-refractivity contribution in [3.8, 4) is 5.75 Å². The number of aryl methyl sites for hydroxylation is 1. The molecule has 0 aliphatic carbocycles. The van der Waals surface area contributed by atoms with E-state index in [1.165, 1.54) is 11.8 Å². The highest BCUT2D eigenvalue weighted by Crippen LogP contribution is 2.30. The van der Waals surface area contributed by atoms with Crippen molar-refractivity contribution in [2.75, 3.05) is 17.6 Å². The number of fused-ring (bicyclic) bond motifs is 1. The fourth-order valence-corrected chi connectivity index (χ4v) is 3.03. The summed E-state index contributed by atoms with van der Waals surface area (Å²) in [6.07, 6.45) is 1.07. The van der Waals surface area contributed by atoms with Gasteiger partial charge in [-0.3, -0.25) is 0 Å². The van der Waals surface area contributed by atoms with Crippen LogP contribution in [0.3, 0.4) is 0 Å². The monoisotopic (exact) mass is 334 g/mol. The summed E-state index contributed by atoms with van der Waals surface area (Å²) in [5.74, 6) is 1.59. The van der Waals surface area contributed by atoms with E-state index in [9.17, 15) is 4.79 Å². The number of hydrogen-bond donors (Lipinski definition) is 2. The van der Waals surface area contributed by atoms with Crippen molar-refractivity contribution in [2.24, 2.45) is 7.05 Å². The van der Waals surface area contributed by atoms with Crippen LogP contribution in [0.15, 0.2) is 23.4 Å². The Morgan fingerprint density at radius 3 is 3.17 bits per heavy atom. The molecule has 3 rings (SSSR count). The first-order chi connectivity index (χ1) is 11.1. The zero-order chi connectivity index (χ0) is 16.2. The predicted molar refractivity (Wildman–Crippen MR) is 86.8 cm³/mol. The number of ether oxygens (including phenoxy) is 1. The molecule has 2 amide bonds. The maximum absolute atomic E-state index is 11.9. The van der Waals surface area contributed by atoms with Crippen LogP contribution in [0.2, 0.25) is 0 Å². The van der Waals surface area contributed by atoms with Gasteiger partial charge in [-0.25, -0.2) is 9.48 Å². The van der Waals surface area contributed by atoms with Crippen molar-refractivity contribution < 1.29 is 9.53 Å². The number of hydrogen-bond acceptors (Lipinski definition) is 6. The fourth-order valence-electron chi connectivity index (χ4n) is 2.33. The molecule has 2 heterocycles. The van der Waals surface area contributed by atoms with Gasteiger partial charge < -0.3 is 15.4 Å². The largest absolute Gasteiger partial charge is 0.490 e. The summed E-state index contributed by atoms with van der Waals surface area (Å²) in [4.78, 5) is 11.9. The molecular weight excluding hydrogens is 316 g/mol. The number of benzene rings is 1. The number of rotatable bonds is 5. The average Bonchev–Trinajstić information content (AvgIpc) is 3.08. The van der Waals surface area contributed by atoms with Crippen LogP contribution in [-0.4, -0.2) is 44.6 Å². The van der Waals surface area contributed by atoms with Crippen LogP contribution < -0.4 is 15.4 Å². The molecule has 9 heteroatoms. The Hall–Kier alpha value is -2.29. The van der Waals surface area contributed by atoms with E-state index in [2.05, 4.69) is 26.2 Å². The van der Waals surface area contributed by atoms with Crippen molar-refractivity contribution in [1.29, 1.82) is 0 Å². The first-order valence-corrected chi connectivity index (χ1v) is 8.30. The number of aromatic nitrogens is 4. The van der Waals surface area contributed by atoms with Crippen LogP contribution in [0.25, 0.3) is 0 Å². The zero-order valence-corrected chi connectivity index (χ0v) is 13.8. The molecule has 122 valence electrons. The van der Waals surface area contributed by atoms with Gasteiger partial charge in [0.15, 0.2) is 0 Å². The Bertz CT molecular complexity index is 704. The van der Waals surface area contributed by atoms with Crippen LogP contribution in [0, 0.1) is 0 Å². The molecule has 1 aliphatic rings. The number of nitrogens with zero attached hydrogens (tertiary/aromatic N) is 4. The number of carbonyl (C=O) groups is 1. The van der Waals surface area contributed by atoms with Gasteiger partial charge in [-0.05, 0) is 41.1 Å². The van der Waals surface area contributed by atoms with E-state index in [1.54, 1.807) is 11.7 Å². The number of tetrazole rings is 1. The molecule has 2 N–H and O–H groups in total. The maximum atomic E-state index is 11.9. The Balaban J connectivity index is 1.43. The molecular formula is C14H18N6O2S. The minimum Gasteiger partial charge on any atom is -0.490 e. The summed E-state index contributed by atoms with van der Waals surface area (Å²) in [5.41, 5.74) is 1.89. The highest BCUT2D eigenvalue weighted by Gasteiger charge is 2.19. The van der Waals surface area contributed by atoms with E-state index in [4.69, 9.17) is 4.74 Å². The van der Waals surface area contributed by atoms with Crippen LogP contribution in [0.1, 0.15) is 12.5 Å². The van der Waals surface area contributed by atoms with Crippen LogP contribution >= 0.6 is 11.8 Å². The van der Waals surface area contributed by atoms with Gasteiger partial charge >= 0.3 is 6.03 Å². The molecule has 23 heavy (non-hydrogen) atoms. The van der Waals surface area contributed by atoms with Gasteiger partial charge in [-0.15, -0.1) is 5.10 Å². The highest BCUT2D eigenvalue weighted by molar-refractivity contribution is 7.99. The second-order valence-corrected chi connectivity index (χ2v) is 6.33. The van der Waals surface area contributed by atoms with E-state index in [1.807, 2.05) is 25.1 Å². The first kappa shape index (κ1) is 15.6. The van der Waals surface area contributed by atoms with Crippen molar-refractivity contribution >= 4 is 23.5 Å². The van der Waals surface area contributed by atoms with Crippen molar-refractivity contribution in [3.05, 3.63) is 23.8 Å². The number of nitrogens with one attached hydrogen (secondary N) is 2. The lowest BCUT2D eigenvalue weighted by molar-refractivity contribution is 0.252. The molecule has 0 bridgehead atoms. The summed E-state index contributed by atoms with van der Waals surface area (Å²) in [7, 11) is 1.78. The fraction of sp³-hybridized carbons (Fsp3) is 0.429. The van der Waals surface area contributed by atoms with E-state index in [-0.39, 0.29) is 12.1 Å². The summed E-state index contributed by atoms with van der Waals surface area (Å²) >= 11 is 1.49. The first-order valence-electron chi connectivity index (χ1n) is 7.31. The second-order valence-electron chi connectivity index (χ2n) is 5.27. The Labute approximate surface area is 138 Å². The molecule has 0 saturated carbocycles. The lowest BCUT2D eigenvalue weighted by Crippen LogP contribution is -2.30. The molecule has 8 nitrogen and oxygen atoms in total. The van der Waals surface area contributed by atoms with Crippen LogP contribution in [0.5, 0.6) is 5.75 Å². The van der Waals surface area contributed by atoms with Gasteiger partial charge in [0.05, 0.1) is 0 Å². The maximum Gasteiger partial charge on any atom is 0.319 e. The SMILES string of the molecule is CC1Cc2cc(NC(=O)NCCSc3nnnn3C)ccc2O1. The van der Waals surface area contributed by atoms with Gasteiger partial charge in [0, 0.05) is 31.5 Å². The molecule has 1 aromatic carbocycles. The van der Waals surface area contributed by atoms with Gasteiger partial charge in [0.2, 0.25) is 5.16 Å². The standard InChI is InChI=1S/C14H18N6O2S/c1-9-7-10-8-11(3-4-12(10)22-9)16-13(21)15-5-6-23-14-17-18-19-20(14)2/h3-4,8-9H,5-7H2,1-2H3,(H2,15,16,21). The minimum atomic E-state index is -0.228. The summed E-state index contributed by atoms with van der Waals surface area (Å²) in [5, 5.41) is 17.5. The van der Waals surface area contributed by atoms with Gasteiger partial charge in [0.25, 0.3) is 0 Å². The summed E-state index contributed by atoms with van der Waals surface area (Å²) < 4.78 is 7.24. The number of thioether (sulfide) groups is 1. The van der Waals surface area contributed by atoms with E-state index >= 15 is 0 Å². The summed E-state index contributed by atoms with van der Waals surface area (Å²) in [6, 6.07) is 5.47. The molecule has 0 radical (unpaired) electrons. The number of carbonyl (C=O) groups excluding carboxylic acids is 1. The Morgan fingerprint density at radius 1 is 1.52 bits per heavy atom. The van der Waals surface area contributed by atoms with Gasteiger partial charge in [0.1, 0.15) is 11.9 Å². The van der Waals surface area contributed by atoms with E-state index in [0.717, 1.165) is 28.6 Å². The highest BCUT2D eigenvalue weighted by atomic mass is 32.2. The van der Waals surface area contributed by atoms with Crippen molar-refractivity contribution in [2.45, 2.75) is 24.6 Å². The molecule has 1 aromatic heterocycles. The molecule has 1 aliphatic heterocycles. The van der Waals surface area contributed by atoms with Crippen molar-refractivity contribution in [3.63, 3.8) is 0 Å². The molecule has 0 fully saturated rings. The number of urea groups is 1. The van der Waals surface area contributed by atoms with Gasteiger partial charge in [-0.2, -0.15) is 0 Å². The zero-order valence-electron chi connectivity index (χ0n) is 12.9. The number of anilines is 1. The molecule has 0 saturated heterocycles. The molecule has 0 spiro atoms. The summed E-state index contributed by atoms with van der Waals surface area (Å²) in [6.45, 7) is 2.55. The Morgan fingerprint density at radius 2 is 2.39 bits per heavy atom. The molecule has 1 atom stereocenters. The third-order valence-electron chi connectivity index (χ3n) is 3.35. The predicted octanol–water partition coefficient (Wildman–Crippen LogP) is 1.45. The average molecular weight is 334 g/mol.